The van der Waals surface area contributed by atoms with Crippen molar-refractivity contribution in [2.45, 2.75) is 69.8 Å². The van der Waals surface area contributed by atoms with Gasteiger partial charge in [-0.2, -0.15) is 0 Å². The van der Waals surface area contributed by atoms with Crippen molar-refractivity contribution < 1.29 is 17.9 Å². The summed E-state index contributed by atoms with van der Waals surface area (Å²) in [6.07, 6.45) is 7.55. The van der Waals surface area contributed by atoms with Crippen molar-refractivity contribution in [2.75, 3.05) is 19.7 Å². The highest BCUT2D eigenvalue weighted by Gasteiger charge is 2.20. The highest BCUT2D eigenvalue weighted by atomic mass is 32.2. The van der Waals surface area contributed by atoms with E-state index in [0.717, 1.165) is 31.6 Å². The molecule has 1 aliphatic rings. The third-order valence-corrected chi connectivity index (χ3v) is 6.39. The second kappa shape index (κ2) is 11.5. The average Bonchev–Trinajstić information content (AvgIpc) is 3.19. The summed E-state index contributed by atoms with van der Waals surface area (Å²) in [5, 5.41) is 2.90. The third-order valence-electron chi connectivity index (χ3n) is 4.95. The first-order valence-corrected chi connectivity index (χ1v) is 11.9. The highest BCUT2D eigenvalue weighted by Crippen LogP contribution is 2.14. The van der Waals surface area contributed by atoms with Crippen molar-refractivity contribution in [3.05, 3.63) is 29.8 Å². The summed E-state index contributed by atoms with van der Waals surface area (Å²) in [5.74, 6) is 0.580. The summed E-state index contributed by atoms with van der Waals surface area (Å²) < 4.78 is 32.7. The van der Waals surface area contributed by atoms with Gasteiger partial charge in [0.05, 0.1) is 11.0 Å². The fourth-order valence-corrected chi connectivity index (χ4v) is 4.28. The molecule has 2 N–H and O–H groups in total. The SMILES string of the molecule is CC(C)CCCCCCNC(=O)c1ccc(S(=O)(=O)NCC2CCCO2)cc1. The molecule has 1 aromatic rings. The molecule has 1 aromatic carbocycles. The Morgan fingerprint density at radius 3 is 2.50 bits per heavy atom. The van der Waals surface area contributed by atoms with E-state index in [9.17, 15) is 13.2 Å². The van der Waals surface area contributed by atoms with Crippen LogP contribution in [-0.4, -0.2) is 40.1 Å². The number of sulfonamides is 1. The Morgan fingerprint density at radius 2 is 1.86 bits per heavy atom. The first kappa shape index (κ1) is 22.8. The molecule has 0 bridgehead atoms. The monoisotopic (exact) mass is 410 g/mol. The molecular weight excluding hydrogens is 376 g/mol. The zero-order valence-corrected chi connectivity index (χ0v) is 17.9. The molecule has 1 unspecified atom stereocenters. The molecule has 1 atom stereocenters. The van der Waals surface area contributed by atoms with Crippen LogP contribution in [0, 0.1) is 5.92 Å². The minimum absolute atomic E-state index is 0.0507. The summed E-state index contributed by atoms with van der Waals surface area (Å²) >= 11 is 0. The van der Waals surface area contributed by atoms with Gasteiger partial charge in [-0.3, -0.25) is 4.79 Å². The van der Waals surface area contributed by atoms with Gasteiger partial charge in [-0.15, -0.1) is 0 Å². The molecule has 0 aromatic heterocycles. The van der Waals surface area contributed by atoms with E-state index >= 15 is 0 Å². The first-order valence-electron chi connectivity index (χ1n) is 10.4. The Balaban J connectivity index is 1.72. The Labute approximate surface area is 169 Å². The molecule has 1 aliphatic heterocycles. The number of carbonyl (C=O) groups is 1. The van der Waals surface area contributed by atoms with E-state index in [1.807, 2.05) is 0 Å². The maximum absolute atomic E-state index is 12.3. The molecule has 0 aliphatic carbocycles. The number of ether oxygens (including phenoxy) is 1. The van der Waals surface area contributed by atoms with E-state index < -0.39 is 10.0 Å². The van der Waals surface area contributed by atoms with Gasteiger partial charge in [0.15, 0.2) is 0 Å². The van der Waals surface area contributed by atoms with E-state index in [1.165, 1.54) is 31.4 Å². The minimum Gasteiger partial charge on any atom is -0.377 e. The summed E-state index contributed by atoms with van der Waals surface area (Å²) in [4.78, 5) is 12.4. The Hall–Kier alpha value is -1.44. The van der Waals surface area contributed by atoms with Crippen LogP contribution in [0.2, 0.25) is 0 Å². The highest BCUT2D eigenvalue weighted by molar-refractivity contribution is 7.89. The maximum Gasteiger partial charge on any atom is 0.251 e. The van der Waals surface area contributed by atoms with Crippen LogP contribution < -0.4 is 10.0 Å². The van der Waals surface area contributed by atoms with Crippen LogP contribution in [0.25, 0.3) is 0 Å². The zero-order chi connectivity index (χ0) is 20.4. The van der Waals surface area contributed by atoms with Crippen molar-refractivity contribution in [3.8, 4) is 0 Å². The number of nitrogens with one attached hydrogen (secondary N) is 2. The number of hydrogen-bond acceptors (Lipinski definition) is 4. The van der Waals surface area contributed by atoms with Crippen molar-refractivity contribution in [3.63, 3.8) is 0 Å². The van der Waals surface area contributed by atoms with Crippen LogP contribution >= 0.6 is 0 Å². The van der Waals surface area contributed by atoms with Crippen molar-refractivity contribution in [1.29, 1.82) is 0 Å². The fourth-order valence-electron chi connectivity index (χ4n) is 3.21. The molecule has 7 heteroatoms. The summed E-state index contributed by atoms with van der Waals surface area (Å²) in [6, 6.07) is 6.05. The van der Waals surface area contributed by atoms with Gasteiger partial charge in [0.1, 0.15) is 0 Å². The zero-order valence-electron chi connectivity index (χ0n) is 17.1. The lowest BCUT2D eigenvalue weighted by Crippen LogP contribution is -2.31. The van der Waals surface area contributed by atoms with E-state index in [-0.39, 0.29) is 23.5 Å². The van der Waals surface area contributed by atoms with Gasteiger partial charge < -0.3 is 10.1 Å². The van der Waals surface area contributed by atoms with E-state index in [4.69, 9.17) is 4.74 Å². The second-order valence-corrected chi connectivity index (χ2v) is 9.63. The average molecular weight is 411 g/mol. The lowest BCUT2D eigenvalue weighted by Gasteiger charge is -2.12. The molecule has 1 heterocycles. The number of amides is 1. The Bertz CT molecular complexity index is 696. The summed E-state index contributed by atoms with van der Waals surface area (Å²) in [7, 11) is -3.59. The third kappa shape index (κ3) is 7.89. The van der Waals surface area contributed by atoms with Crippen LogP contribution in [0.15, 0.2) is 29.2 Å². The van der Waals surface area contributed by atoms with Gasteiger partial charge in [-0.1, -0.05) is 39.5 Å². The molecular formula is C21H34N2O4S. The van der Waals surface area contributed by atoms with Gasteiger partial charge in [0, 0.05) is 25.3 Å². The van der Waals surface area contributed by atoms with Crippen molar-refractivity contribution in [1.82, 2.24) is 10.0 Å². The normalized spacial score (nSPS) is 17.2. The molecule has 2 rings (SSSR count). The molecule has 28 heavy (non-hydrogen) atoms. The maximum atomic E-state index is 12.3. The molecule has 1 amide bonds. The molecule has 1 fully saturated rings. The van der Waals surface area contributed by atoms with Gasteiger partial charge in [0.25, 0.3) is 5.91 Å². The van der Waals surface area contributed by atoms with E-state index in [1.54, 1.807) is 12.1 Å². The van der Waals surface area contributed by atoms with Gasteiger partial charge in [-0.05, 0) is 49.4 Å². The molecule has 0 saturated carbocycles. The molecule has 6 nitrogen and oxygen atoms in total. The number of unbranched alkanes of at least 4 members (excludes halogenated alkanes) is 3. The van der Waals surface area contributed by atoms with Crippen LogP contribution in [0.1, 0.15) is 69.2 Å². The topological polar surface area (TPSA) is 84.5 Å². The lowest BCUT2D eigenvalue weighted by molar-refractivity contribution is 0.0953. The molecule has 0 radical (unpaired) electrons. The lowest BCUT2D eigenvalue weighted by atomic mass is 10.0. The van der Waals surface area contributed by atoms with Gasteiger partial charge in [0.2, 0.25) is 10.0 Å². The molecule has 158 valence electrons. The predicted octanol–water partition coefficient (Wildman–Crippen LogP) is 3.48. The van der Waals surface area contributed by atoms with Crippen LogP contribution in [-0.2, 0) is 14.8 Å². The quantitative estimate of drug-likeness (QED) is 0.517. The van der Waals surface area contributed by atoms with Gasteiger partial charge in [-0.25, -0.2) is 13.1 Å². The first-order chi connectivity index (χ1) is 13.4. The smallest absolute Gasteiger partial charge is 0.251 e. The van der Waals surface area contributed by atoms with E-state index in [2.05, 4.69) is 23.9 Å². The summed E-state index contributed by atoms with van der Waals surface area (Å²) in [5.41, 5.74) is 0.470. The Morgan fingerprint density at radius 1 is 1.14 bits per heavy atom. The predicted molar refractivity (Wildman–Crippen MR) is 111 cm³/mol. The van der Waals surface area contributed by atoms with Crippen molar-refractivity contribution in [2.24, 2.45) is 5.92 Å². The van der Waals surface area contributed by atoms with Crippen LogP contribution in [0.3, 0.4) is 0 Å². The Kier molecular flexibility index (Phi) is 9.41. The van der Waals surface area contributed by atoms with Crippen molar-refractivity contribution >= 4 is 15.9 Å². The second-order valence-electron chi connectivity index (χ2n) is 7.86. The minimum atomic E-state index is -3.59. The van der Waals surface area contributed by atoms with Gasteiger partial charge >= 0.3 is 0 Å². The summed E-state index contributed by atoms with van der Waals surface area (Å²) in [6.45, 7) is 6.08. The number of carbonyl (C=O) groups excluding carboxylic acids is 1. The largest absolute Gasteiger partial charge is 0.377 e. The van der Waals surface area contributed by atoms with Crippen LogP contribution in [0.5, 0.6) is 0 Å². The standard InChI is InChI=1S/C21H34N2O4S/c1-17(2)8-5-3-4-6-14-22-21(24)18-10-12-20(13-11-18)28(25,26)23-16-19-9-7-15-27-19/h10-13,17,19,23H,3-9,14-16H2,1-2H3,(H,22,24). The molecule has 0 spiro atoms. The van der Waals surface area contributed by atoms with E-state index in [0.29, 0.717) is 18.7 Å². The number of benzene rings is 1. The van der Waals surface area contributed by atoms with Crippen LogP contribution in [0.4, 0.5) is 0 Å². The molecule has 1 saturated heterocycles. The number of hydrogen-bond donors (Lipinski definition) is 2. The number of rotatable bonds is 12. The fraction of sp³-hybridized carbons (Fsp3) is 0.667.